The molecule has 1 aliphatic heterocycles. The summed E-state index contributed by atoms with van der Waals surface area (Å²) in [5.41, 5.74) is 0.841. The minimum atomic E-state index is -3.84. The second-order valence-electron chi connectivity index (χ2n) is 6.70. The molecule has 0 aliphatic carbocycles. The number of carbonyl (C=O) groups is 2. The number of halogens is 1. The lowest BCUT2D eigenvalue weighted by molar-refractivity contribution is 0.0523. The Bertz CT molecular complexity index is 1070. The molecule has 1 aromatic heterocycles. The molecule has 0 atom stereocenters. The van der Waals surface area contributed by atoms with Gasteiger partial charge in [0.2, 0.25) is 10.0 Å². The number of rotatable bonds is 5. The molecule has 0 N–H and O–H groups in total. The smallest absolute Gasteiger partial charge is 0.339 e. The predicted molar refractivity (Wildman–Crippen MR) is 106 cm³/mol. The fraction of sp³-hybridized carbons (Fsp3) is 0.350. The van der Waals surface area contributed by atoms with Crippen LogP contribution in [0.15, 0.2) is 41.3 Å². The molecule has 10 heteroatoms. The molecule has 1 aromatic carbocycles. The minimum absolute atomic E-state index is 0.0878. The molecule has 1 saturated heterocycles. The van der Waals surface area contributed by atoms with E-state index in [2.05, 4.69) is 4.98 Å². The number of aromatic nitrogens is 1. The van der Waals surface area contributed by atoms with E-state index in [4.69, 9.17) is 4.74 Å². The molecule has 160 valence electrons. The molecule has 1 fully saturated rings. The summed E-state index contributed by atoms with van der Waals surface area (Å²) in [7, 11) is -3.84. The molecule has 0 bridgehead atoms. The van der Waals surface area contributed by atoms with Crippen LogP contribution in [0.4, 0.5) is 4.39 Å². The van der Waals surface area contributed by atoms with Gasteiger partial charge >= 0.3 is 5.97 Å². The average Bonchev–Trinajstić information content (AvgIpc) is 2.73. The maximum atomic E-state index is 13.4. The molecular weight excluding hydrogens is 413 g/mol. The van der Waals surface area contributed by atoms with Crippen molar-refractivity contribution in [2.75, 3.05) is 32.8 Å². The molecule has 3 rings (SSSR count). The van der Waals surface area contributed by atoms with Gasteiger partial charge in [-0.1, -0.05) is 6.07 Å². The number of sulfonamides is 1. The number of carbonyl (C=O) groups excluding carboxylic acids is 2. The number of ether oxygens (including phenoxy) is 1. The van der Waals surface area contributed by atoms with Crippen molar-refractivity contribution in [2.45, 2.75) is 18.7 Å². The number of hydrogen-bond acceptors (Lipinski definition) is 6. The van der Waals surface area contributed by atoms with Gasteiger partial charge in [0.1, 0.15) is 11.5 Å². The summed E-state index contributed by atoms with van der Waals surface area (Å²) in [5.74, 6) is -1.48. The Morgan fingerprint density at radius 1 is 1.13 bits per heavy atom. The highest BCUT2D eigenvalue weighted by atomic mass is 32.2. The predicted octanol–water partition coefficient (Wildman–Crippen LogP) is 1.85. The van der Waals surface area contributed by atoms with E-state index in [1.165, 1.54) is 39.5 Å². The number of pyridine rings is 1. The molecule has 0 radical (unpaired) electrons. The van der Waals surface area contributed by atoms with Crippen molar-refractivity contribution in [2.24, 2.45) is 0 Å². The monoisotopic (exact) mass is 435 g/mol. The Balaban J connectivity index is 1.68. The van der Waals surface area contributed by atoms with Gasteiger partial charge in [0.25, 0.3) is 5.91 Å². The van der Waals surface area contributed by atoms with Crippen molar-refractivity contribution in [3.05, 3.63) is 59.2 Å². The van der Waals surface area contributed by atoms with Crippen molar-refractivity contribution >= 4 is 21.9 Å². The molecule has 2 aromatic rings. The van der Waals surface area contributed by atoms with Crippen LogP contribution in [-0.2, 0) is 14.8 Å². The molecule has 0 unspecified atom stereocenters. The number of nitrogens with zero attached hydrogens (tertiary/aromatic N) is 3. The first-order valence-electron chi connectivity index (χ1n) is 9.43. The van der Waals surface area contributed by atoms with Crippen molar-refractivity contribution in [1.29, 1.82) is 0 Å². The van der Waals surface area contributed by atoms with Gasteiger partial charge in [-0.05, 0) is 44.2 Å². The van der Waals surface area contributed by atoms with Crippen LogP contribution >= 0.6 is 0 Å². The average molecular weight is 435 g/mol. The Morgan fingerprint density at radius 2 is 1.83 bits per heavy atom. The van der Waals surface area contributed by atoms with Crippen molar-refractivity contribution in [1.82, 2.24) is 14.2 Å². The quantitative estimate of drug-likeness (QED) is 0.665. The Kier molecular flexibility index (Phi) is 6.47. The van der Waals surface area contributed by atoms with E-state index in [0.29, 0.717) is 11.3 Å². The molecule has 1 aliphatic rings. The largest absolute Gasteiger partial charge is 0.462 e. The molecule has 1 amide bonds. The number of piperazine rings is 1. The fourth-order valence-electron chi connectivity index (χ4n) is 3.17. The van der Waals surface area contributed by atoms with Crippen LogP contribution in [0.1, 0.15) is 33.5 Å². The van der Waals surface area contributed by atoms with Gasteiger partial charge in [-0.25, -0.2) is 22.6 Å². The van der Waals surface area contributed by atoms with Gasteiger partial charge in [-0.2, -0.15) is 4.31 Å². The van der Waals surface area contributed by atoms with Crippen molar-refractivity contribution in [3.63, 3.8) is 0 Å². The van der Waals surface area contributed by atoms with E-state index in [1.54, 1.807) is 13.8 Å². The SMILES string of the molecule is CCOC(=O)c1ccc(C(=O)N2CCN(S(=O)(=O)c3cccc(F)c3)CC2)nc1C. The number of esters is 1. The lowest BCUT2D eigenvalue weighted by Gasteiger charge is -2.33. The first kappa shape index (κ1) is 21.8. The third-order valence-corrected chi connectivity index (χ3v) is 6.65. The molecule has 0 spiro atoms. The molecular formula is C20H22FN3O5S. The van der Waals surface area contributed by atoms with Crippen LogP contribution in [0.5, 0.6) is 0 Å². The van der Waals surface area contributed by atoms with Gasteiger partial charge in [0.15, 0.2) is 0 Å². The van der Waals surface area contributed by atoms with E-state index in [1.807, 2.05) is 0 Å². The van der Waals surface area contributed by atoms with Gasteiger partial charge in [-0.3, -0.25) is 4.79 Å². The Hall–Kier alpha value is -2.85. The first-order valence-corrected chi connectivity index (χ1v) is 10.9. The van der Waals surface area contributed by atoms with Crippen LogP contribution in [0.2, 0.25) is 0 Å². The minimum Gasteiger partial charge on any atom is -0.462 e. The van der Waals surface area contributed by atoms with E-state index in [-0.39, 0.29) is 49.3 Å². The molecule has 30 heavy (non-hydrogen) atoms. The van der Waals surface area contributed by atoms with Gasteiger partial charge in [-0.15, -0.1) is 0 Å². The van der Waals surface area contributed by atoms with Crippen LogP contribution in [0.25, 0.3) is 0 Å². The summed E-state index contributed by atoms with van der Waals surface area (Å²) >= 11 is 0. The van der Waals surface area contributed by atoms with Crippen LogP contribution in [-0.4, -0.2) is 67.3 Å². The summed E-state index contributed by atoms with van der Waals surface area (Å²) in [4.78, 5) is 30.2. The van der Waals surface area contributed by atoms with Crippen LogP contribution < -0.4 is 0 Å². The lowest BCUT2D eigenvalue weighted by Crippen LogP contribution is -2.50. The standard InChI is InChI=1S/C20H22FN3O5S/c1-3-29-20(26)17-7-8-18(22-14(17)2)19(25)23-9-11-24(12-10-23)30(27,28)16-6-4-5-15(21)13-16/h4-8,13H,3,9-12H2,1-2H3. The molecule has 8 nitrogen and oxygen atoms in total. The Morgan fingerprint density at radius 3 is 2.43 bits per heavy atom. The summed E-state index contributed by atoms with van der Waals surface area (Å²) in [6.45, 7) is 4.08. The highest BCUT2D eigenvalue weighted by molar-refractivity contribution is 7.89. The van der Waals surface area contributed by atoms with Gasteiger partial charge < -0.3 is 9.64 Å². The number of aryl methyl sites for hydroxylation is 1. The third-order valence-electron chi connectivity index (χ3n) is 4.76. The highest BCUT2D eigenvalue weighted by Crippen LogP contribution is 2.19. The number of benzene rings is 1. The lowest BCUT2D eigenvalue weighted by atomic mass is 10.1. The first-order chi connectivity index (χ1) is 14.2. The van der Waals surface area contributed by atoms with Gasteiger partial charge in [0.05, 0.1) is 22.8 Å². The van der Waals surface area contributed by atoms with Crippen molar-refractivity contribution < 1.29 is 27.1 Å². The molecule has 2 heterocycles. The van der Waals surface area contributed by atoms with Gasteiger partial charge in [0, 0.05) is 26.2 Å². The second-order valence-corrected chi connectivity index (χ2v) is 8.64. The number of hydrogen-bond donors (Lipinski definition) is 0. The van der Waals surface area contributed by atoms with E-state index in [9.17, 15) is 22.4 Å². The van der Waals surface area contributed by atoms with E-state index >= 15 is 0 Å². The Labute approximate surface area is 174 Å². The van der Waals surface area contributed by atoms with E-state index < -0.39 is 21.8 Å². The molecule has 0 saturated carbocycles. The topological polar surface area (TPSA) is 96.9 Å². The maximum absolute atomic E-state index is 13.4. The zero-order valence-electron chi connectivity index (χ0n) is 16.7. The van der Waals surface area contributed by atoms with E-state index in [0.717, 1.165) is 6.07 Å². The maximum Gasteiger partial charge on any atom is 0.339 e. The van der Waals surface area contributed by atoms with Crippen LogP contribution in [0.3, 0.4) is 0 Å². The summed E-state index contributed by atoms with van der Waals surface area (Å²) < 4.78 is 45.0. The highest BCUT2D eigenvalue weighted by Gasteiger charge is 2.31. The summed E-state index contributed by atoms with van der Waals surface area (Å²) in [6.07, 6.45) is 0. The second kappa shape index (κ2) is 8.88. The third kappa shape index (κ3) is 4.49. The normalized spacial score (nSPS) is 15.1. The number of amides is 1. The summed E-state index contributed by atoms with van der Waals surface area (Å²) in [6, 6.07) is 7.79. The zero-order chi connectivity index (χ0) is 21.9. The van der Waals surface area contributed by atoms with Crippen molar-refractivity contribution in [3.8, 4) is 0 Å². The van der Waals surface area contributed by atoms with Crippen LogP contribution in [0, 0.1) is 12.7 Å². The summed E-state index contributed by atoms with van der Waals surface area (Å²) in [5, 5.41) is 0. The zero-order valence-corrected chi connectivity index (χ0v) is 17.5. The fourth-order valence-corrected chi connectivity index (χ4v) is 4.63.